The third kappa shape index (κ3) is 4.01. The van der Waals surface area contributed by atoms with Gasteiger partial charge in [0.25, 0.3) is 0 Å². The van der Waals surface area contributed by atoms with Gasteiger partial charge in [0, 0.05) is 18.5 Å². The zero-order valence-electron chi connectivity index (χ0n) is 13.6. The highest BCUT2D eigenvalue weighted by Gasteiger charge is 2.26. The Bertz CT molecular complexity index is 600. The van der Waals surface area contributed by atoms with Crippen molar-refractivity contribution < 1.29 is 13.9 Å². The Morgan fingerprint density at radius 1 is 1.35 bits per heavy atom. The Balaban J connectivity index is 0.00000192. The first-order valence-electron chi connectivity index (χ1n) is 7.80. The molecule has 2 atom stereocenters. The number of furan rings is 1. The van der Waals surface area contributed by atoms with E-state index in [4.69, 9.17) is 13.9 Å². The summed E-state index contributed by atoms with van der Waals surface area (Å²) in [6.07, 6.45) is 3.85. The van der Waals surface area contributed by atoms with Crippen molar-refractivity contribution in [2.24, 2.45) is 0 Å². The third-order valence-electron chi connectivity index (χ3n) is 4.35. The molecule has 5 heteroatoms. The first kappa shape index (κ1) is 17.7. The van der Waals surface area contributed by atoms with E-state index in [0.29, 0.717) is 11.8 Å². The molecule has 1 aromatic heterocycles. The number of likely N-dealkylation sites (N-methyl/N-ethyl adjacent to an activating group) is 1. The predicted octanol–water partition coefficient (Wildman–Crippen LogP) is 3.97. The van der Waals surface area contributed by atoms with Crippen LogP contribution in [0.15, 0.2) is 41.0 Å². The Morgan fingerprint density at radius 3 is 2.91 bits per heavy atom. The summed E-state index contributed by atoms with van der Waals surface area (Å²) in [4.78, 5) is 0. The van der Waals surface area contributed by atoms with Gasteiger partial charge in [0.05, 0.1) is 20.0 Å². The average Bonchev–Trinajstić information content (AvgIpc) is 3.08. The van der Waals surface area contributed by atoms with Gasteiger partial charge in [-0.15, -0.1) is 12.4 Å². The number of halogens is 1. The number of benzene rings is 1. The van der Waals surface area contributed by atoms with Gasteiger partial charge in [0.1, 0.15) is 17.3 Å². The maximum atomic E-state index is 5.81. The van der Waals surface area contributed by atoms with E-state index in [1.165, 1.54) is 5.56 Å². The number of fused-ring (bicyclic) bond motifs is 1. The summed E-state index contributed by atoms with van der Waals surface area (Å²) in [5.74, 6) is 3.71. The van der Waals surface area contributed by atoms with Crippen LogP contribution in [0.1, 0.15) is 36.0 Å². The molecule has 3 rings (SSSR count). The highest BCUT2D eigenvalue weighted by Crippen LogP contribution is 2.41. The Kier molecular flexibility index (Phi) is 6.37. The van der Waals surface area contributed by atoms with Gasteiger partial charge in [-0.25, -0.2) is 0 Å². The molecule has 0 saturated heterocycles. The lowest BCUT2D eigenvalue weighted by molar-refractivity contribution is 0.254. The van der Waals surface area contributed by atoms with Crippen molar-refractivity contribution in [1.82, 2.24) is 5.32 Å². The van der Waals surface area contributed by atoms with Crippen LogP contribution in [0.2, 0.25) is 0 Å². The van der Waals surface area contributed by atoms with Crippen LogP contribution in [0.4, 0.5) is 0 Å². The second kappa shape index (κ2) is 8.27. The lowest BCUT2D eigenvalue weighted by atomic mass is 9.84. The molecule has 0 aliphatic carbocycles. The van der Waals surface area contributed by atoms with E-state index >= 15 is 0 Å². The highest BCUT2D eigenvalue weighted by molar-refractivity contribution is 5.85. The molecule has 23 heavy (non-hydrogen) atoms. The summed E-state index contributed by atoms with van der Waals surface area (Å²) in [5, 5.41) is 3.28. The third-order valence-corrected chi connectivity index (χ3v) is 4.35. The van der Waals surface area contributed by atoms with Crippen LogP contribution in [0.5, 0.6) is 11.5 Å². The number of hydrogen-bond donors (Lipinski definition) is 1. The minimum atomic E-state index is 0. The van der Waals surface area contributed by atoms with Gasteiger partial charge < -0.3 is 19.2 Å². The SMILES string of the molecule is CNCC(CC1CCOc2cc(OC)ccc21)c1ccco1.Cl. The molecule has 2 unspecified atom stereocenters. The molecule has 1 aliphatic rings. The van der Waals surface area contributed by atoms with Crippen LogP contribution >= 0.6 is 12.4 Å². The fourth-order valence-corrected chi connectivity index (χ4v) is 3.23. The first-order valence-corrected chi connectivity index (χ1v) is 7.80. The summed E-state index contributed by atoms with van der Waals surface area (Å²) in [6, 6.07) is 10.2. The van der Waals surface area contributed by atoms with Gasteiger partial charge in [-0.1, -0.05) is 6.07 Å². The van der Waals surface area contributed by atoms with E-state index in [1.807, 2.05) is 25.2 Å². The molecular weight excluding hydrogens is 314 g/mol. The quantitative estimate of drug-likeness (QED) is 0.866. The van der Waals surface area contributed by atoms with Gasteiger partial charge in [-0.3, -0.25) is 0 Å². The van der Waals surface area contributed by atoms with Crippen molar-refractivity contribution in [2.45, 2.75) is 24.7 Å². The topological polar surface area (TPSA) is 43.6 Å². The smallest absolute Gasteiger partial charge is 0.126 e. The highest BCUT2D eigenvalue weighted by atomic mass is 35.5. The van der Waals surface area contributed by atoms with Gasteiger partial charge in [-0.2, -0.15) is 0 Å². The first-order chi connectivity index (χ1) is 10.8. The maximum Gasteiger partial charge on any atom is 0.126 e. The fourth-order valence-electron chi connectivity index (χ4n) is 3.23. The Labute approximate surface area is 143 Å². The van der Waals surface area contributed by atoms with E-state index in [0.717, 1.165) is 43.3 Å². The Hall–Kier alpha value is -1.65. The maximum absolute atomic E-state index is 5.81. The molecule has 2 aromatic rings. The lowest BCUT2D eigenvalue weighted by Crippen LogP contribution is -2.22. The molecule has 0 amide bonds. The minimum Gasteiger partial charge on any atom is -0.497 e. The van der Waals surface area contributed by atoms with Crippen molar-refractivity contribution in [3.8, 4) is 11.5 Å². The molecule has 1 N–H and O–H groups in total. The van der Waals surface area contributed by atoms with Gasteiger partial charge >= 0.3 is 0 Å². The average molecular weight is 338 g/mol. The summed E-state index contributed by atoms with van der Waals surface area (Å²) < 4.78 is 16.7. The standard InChI is InChI=1S/C18H23NO3.ClH/c1-19-12-14(17-4-3-8-21-17)10-13-7-9-22-18-11-15(20-2)5-6-16(13)18;/h3-6,8,11,13-14,19H,7,9-10,12H2,1-2H3;1H. The minimum absolute atomic E-state index is 0. The van der Waals surface area contributed by atoms with Gasteiger partial charge in [-0.05, 0) is 49.6 Å². The molecule has 0 fully saturated rings. The van der Waals surface area contributed by atoms with E-state index in [2.05, 4.69) is 17.4 Å². The summed E-state index contributed by atoms with van der Waals surface area (Å²) in [7, 11) is 3.67. The normalized spacial score (nSPS) is 17.6. The molecule has 0 spiro atoms. The van der Waals surface area contributed by atoms with E-state index in [1.54, 1.807) is 13.4 Å². The number of rotatable bonds is 6. The van der Waals surface area contributed by atoms with Crippen LogP contribution < -0.4 is 14.8 Å². The molecule has 0 bridgehead atoms. The van der Waals surface area contributed by atoms with Crippen LogP contribution in [-0.4, -0.2) is 27.3 Å². The molecule has 0 radical (unpaired) electrons. The molecule has 1 aromatic carbocycles. The lowest BCUT2D eigenvalue weighted by Gasteiger charge is -2.28. The van der Waals surface area contributed by atoms with E-state index in [-0.39, 0.29) is 12.4 Å². The van der Waals surface area contributed by atoms with Crippen molar-refractivity contribution >= 4 is 12.4 Å². The second-order valence-electron chi connectivity index (χ2n) is 5.74. The largest absolute Gasteiger partial charge is 0.497 e. The second-order valence-corrected chi connectivity index (χ2v) is 5.74. The van der Waals surface area contributed by atoms with Crippen LogP contribution in [-0.2, 0) is 0 Å². The molecule has 4 nitrogen and oxygen atoms in total. The fraction of sp³-hybridized carbons (Fsp3) is 0.444. The van der Waals surface area contributed by atoms with Crippen molar-refractivity contribution in [1.29, 1.82) is 0 Å². The number of methoxy groups -OCH3 is 1. The molecule has 126 valence electrons. The molecule has 0 saturated carbocycles. The summed E-state index contributed by atoms with van der Waals surface area (Å²) in [6.45, 7) is 1.67. The van der Waals surface area contributed by atoms with Crippen molar-refractivity contribution in [3.05, 3.63) is 47.9 Å². The van der Waals surface area contributed by atoms with Crippen LogP contribution in [0.3, 0.4) is 0 Å². The predicted molar refractivity (Wildman–Crippen MR) is 93.1 cm³/mol. The van der Waals surface area contributed by atoms with Gasteiger partial charge in [0.15, 0.2) is 0 Å². The van der Waals surface area contributed by atoms with E-state index < -0.39 is 0 Å². The zero-order chi connectivity index (χ0) is 15.4. The van der Waals surface area contributed by atoms with Crippen LogP contribution in [0, 0.1) is 0 Å². The number of ether oxygens (including phenoxy) is 2. The number of hydrogen-bond acceptors (Lipinski definition) is 4. The van der Waals surface area contributed by atoms with Crippen LogP contribution in [0.25, 0.3) is 0 Å². The van der Waals surface area contributed by atoms with E-state index in [9.17, 15) is 0 Å². The zero-order valence-corrected chi connectivity index (χ0v) is 14.4. The Morgan fingerprint density at radius 2 is 2.22 bits per heavy atom. The molecular formula is C18H24ClNO3. The summed E-state index contributed by atoms with van der Waals surface area (Å²) in [5.41, 5.74) is 1.28. The summed E-state index contributed by atoms with van der Waals surface area (Å²) >= 11 is 0. The monoisotopic (exact) mass is 337 g/mol. The molecule has 1 aliphatic heterocycles. The number of nitrogens with one attached hydrogen (secondary N) is 1. The van der Waals surface area contributed by atoms with Gasteiger partial charge in [0.2, 0.25) is 0 Å². The molecule has 2 heterocycles. The van der Waals surface area contributed by atoms with Crippen molar-refractivity contribution in [2.75, 3.05) is 27.3 Å². The van der Waals surface area contributed by atoms with Crippen molar-refractivity contribution in [3.63, 3.8) is 0 Å².